The van der Waals surface area contributed by atoms with Crippen LogP contribution in [0, 0.1) is 0 Å². The topological polar surface area (TPSA) is 7.76 Å². The third-order valence-electron chi connectivity index (χ3n) is 3.54. The Morgan fingerprint density at radius 2 is 1.06 bits per heavy atom. The molecule has 1 aliphatic rings. The quantitative estimate of drug-likeness (QED) is 0.700. The second kappa shape index (κ2) is 4.61. The Labute approximate surface area is 107 Å². The number of nitrogens with zero attached hydrogens (tertiary/aromatic N) is 2. The van der Waals surface area contributed by atoms with Crippen molar-refractivity contribution in [2.75, 3.05) is 0 Å². The minimum absolute atomic E-state index is 1.02. The van der Waals surface area contributed by atoms with E-state index in [4.69, 9.17) is 0 Å². The molecule has 0 saturated heterocycles. The van der Waals surface area contributed by atoms with Crippen molar-refractivity contribution in [1.82, 2.24) is 0 Å². The molecular formula is C15H16BN2+. The average Bonchev–Trinajstić information content (AvgIpc) is 2.50. The predicted molar refractivity (Wildman–Crippen MR) is 72.7 cm³/mol. The summed E-state index contributed by atoms with van der Waals surface area (Å²) in [5, 5.41) is 0. The van der Waals surface area contributed by atoms with Crippen LogP contribution in [0.25, 0.3) is 0 Å². The first-order valence-electron chi connectivity index (χ1n) is 6.37. The van der Waals surface area contributed by atoms with Gasteiger partial charge in [0.25, 0.3) is 0 Å². The number of hydrogen-bond donors (Lipinski definition) is 0. The minimum Gasteiger partial charge on any atom is -0.353 e. The van der Waals surface area contributed by atoms with Crippen LogP contribution >= 0.6 is 0 Å². The maximum atomic E-state index is 2.31. The first kappa shape index (κ1) is 11.0. The van der Waals surface area contributed by atoms with Crippen LogP contribution in [0.3, 0.4) is 0 Å². The van der Waals surface area contributed by atoms with Crippen molar-refractivity contribution >= 4 is 6.42 Å². The van der Waals surface area contributed by atoms with Crippen LogP contribution in [0.15, 0.2) is 85.3 Å². The van der Waals surface area contributed by atoms with Crippen molar-refractivity contribution in [3.63, 3.8) is 0 Å². The van der Waals surface area contributed by atoms with E-state index in [0.29, 0.717) is 0 Å². The summed E-state index contributed by atoms with van der Waals surface area (Å²) in [6.07, 6.45) is 13.0. The molecule has 0 unspecified atom stereocenters. The Balaban J connectivity index is 2.20. The summed E-state index contributed by atoms with van der Waals surface area (Å²) in [5.41, 5.74) is 0. The van der Waals surface area contributed by atoms with Crippen LogP contribution in [-0.2, 0) is 0 Å². The molecular weight excluding hydrogens is 219 g/mol. The SMILES string of the molecule is C1=C[B-]([n+]2ccccc2)([n+]2ccccc2)C=CC1. The van der Waals surface area contributed by atoms with Gasteiger partial charge in [-0.25, -0.2) is 0 Å². The fourth-order valence-electron chi connectivity index (χ4n) is 2.63. The van der Waals surface area contributed by atoms with Crippen molar-refractivity contribution in [1.29, 1.82) is 0 Å². The van der Waals surface area contributed by atoms with Crippen LogP contribution in [0.2, 0.25) is 0 Å². The van der Waals surface area contributed by atoms with Gasteiger partial charge in [-0.2, -0.15) is 0 Å². The van der Waals surface area contributed by atoms with Gasteiger partial charge in [0.2, 0.25) is 0 Å². The third kappa shape index (κ3) is 1.78. The zero-order chi connectivity index (χ0) is 12.3. The van der Waals surface area contributed by atoms with Crippen molar-refractivity contribution in [2.45, 2.75) is 6.42 Å². The molecule has 3 rings (SSSR count). The average molecular weight is 235 g/mol. The van der Waals surface area contributed by atoms with E-state index >= 15 is 0 Å². The second-order valence-corrected chi connectivity index (χ2v) is 4.64. The molecule has 3 heterocycles. The Morgan fingerprint density at radius 1 is 0.611 bits per heavy atom. The maximum absolute atomic E-state index is 2.31. The molecule has 2 aromatic rings. The molecule has 0 amide bonds. The normalized spacial score (nSPS) is 16.7. The van der Waals surface area contributed by atoms with Crippen LogP contribution < -0.4 is 8.96 Å². The van der Waals surface area contributed by atoms with Gasteiger partial charge in [-0.05, 0) is 30.7 Å². The summed E-state index contributed by atoms with van der Waals surface area (Å²) in [7, 11) is 0. The summed E-state index contributed by atoms with van der Waals surface area (Å²) in [4.78, 5) is 0. The molecule has 2 aromatic heterocycles. The van der Waals surface area contributed by atoms with Gasteiger partial charge in [-0.1, -0.05) is 24.1 Å². The van der Waals surface area contributed by atoms with Gasteiger partial charge in [-0.3, -0.25) is 0 Å². The molecule has 0 radical (unpaired) electrons. The van der Waals surface area contributed by atoms with Gasteiger partial charge in [0, 0.05) is 0 Å². The van der Waals surface area contributed by atoms with E-state index < -0.39 is 6.42 Å². The number of allylic oxidation sites excluding steroid dienone is 2. The largest absolute Gasteiger partial charge is 0.588 e. The van der Waals surface area contributed by atoms with E-state index in [-0.39, 0.29) is 0 Å². The van der Waals surface area contributed by atoms with Gasteiger partial charge in [-0.15, -0.1) is 12.2 Å². The summed E-state index contributed by atoms with van der Waals surface area (Å²) in [5.74, 6) is 4.61. The number of aromatic nitrogens is 2. The van der Waals surface area contributed by atoms with Gasteiger partial charge in [0.05, 0.1) is 0 Å². The zero-order valence-electron chi connectivity index (χ0n) is 10.3. The summed E-state index contributed by atoms with van der Waals surface area (Å²) < 4.78 is 4.54. The van der Waals surface area contributed by atoms with Gasteiger partial charge in [0.1, 0.15) is 24.8 Å². The first-order valence-corrected chi connectivity index (χ1v) is 6.37. The summed E-state index contributed by atoms with van der Waals surface area (Å²) >= 11 is 0. The van der Waals surface area contributed by atoms with Crippen molar-refractivity contribution in [2.24, 2.45) is 0 Å². The molecule has 18 heavy (non-hydrogen) atoms. The molecule has 1 aliphatic heterocycles. The summed E-state index contributed by atoms with van der Waals surface area (Å²) in [6, 6.07) is 12.4. The third-order valence-corrected chi connectivity index (χ3v) is 3.54. The number of pyridine rings is 2. The molecule has 0 bridgehead atoms. The first-order chi connectivity index (χ1) is 8.92. The lowest BCUT2D eigenvalue weighted by molar-refractivity contribution is -0.682. The van der Waals surface area contributed by atoms with E-state index in [1.54, 1.807) is 0 Å². The van der Waals surface area contributed by atoms with Gasteiger partial charge in [0.15, 0.2) is 0 Å². The van der Waals surface area contributed by atoms with Crippen LogP contribution in [-0.4, -0.2) is 6.42 Å². The van der Waals surface area contributed by atoms with Crippen LogP contribution in [0.4, 0.5) is 0 Å². The van der Waals surface area contributed by atoms with Crippen molar-refractivity contribution in [3.05, 3.63) is 85.3 Å². The Bertz CT molecular complexity index is 522. The highest BCUT2D eigenvalue weighted by molar-refractivity contribution is 6.73. The van der Waals surface area contributed by atoms with Gasteiger partial charge < -0.3 is 8.96 Å². The zero-order valence-corrected chi connectivity index (χ0v) is 10.3. The minimum atomic E-state index is -1.03. The molecule has 0 fully saturated rings. The second-order valence-electron chi connectivity index (χ2n) is 4.64. The number of rotatable bonds is 2. The lowest BCUT2D eigenvalue weighted by Crippen LogP contribution is -2.80. The Hall–Kier alpha value is -2.16. The van der Waals surface area contributed by atoms with Crippen molar-refractivity contribution < 1.29 is 8.96 Å². The standard InChI is InChI=1S/C15H16BN2/c1-4-10-16(11-5-1,17-12-6-2-7-13-17)18-14-8-3-9-15-18/h2-15H,1H2/q+1. The van der Waals surface area contributed by atoms with E-state index in [0.717, 1.165) is 6.42 Å². The van der Waals surface area contributed by atoms with Crippen LogP contribution in [0.1, 0.15) is 6.42 Å². The molecule has 0 saturated carbocycles. The lowest BCUT2D eigenvalue weighted by atomic mass is 9.44. The Kier molecular flexibility index (Phi) is 2.81. The smallest absolute Gasteiger partial charge is 0.353 e. The predicted octanol–water partition coefficient (Wildman–Crippen LogP) is 1.69. The van der Waals surface area contributed by atoms with E-state index in [1.165, 1.54) is 0 Å². The molecule has 88 valence electrons. The molecule has 0 aromatic carbocycles. The Morgan fingerprint density at radius 3 is 1.50 bits per heavy atom. The van der Waals surface area contributed by atoms with E-state index in [9.17, 15) is 0 Å². The highest BCUT2D eigenvalue weighted by atomic mass is 15.1. The fourth-order valence-corrected chi connectivity index (χ4v) is 2.63. The summed E-state index contributed by atoms with van der Waals surface area (Å²) in [6.45, 7) is 0. The lowest BCUT2D eigenvalue weighted by Gasteiger charge is -2.23. The highest BCUT2D eigenvalue weighted by Gasteiger charge is 2.44. The molecule has 0 N–H and O–H groups in total. The fraction of sp³-hybridized carbons (Fsp3) is 0.0667. The molecule has 0 spiro atoms. The highest BCUT2D eigenvalue weighted by Crippen LogP contribution is 2.07. The molecule has 0 atom stereocenters. The monoisotopic (exact) mass is 235 g/mol. The molecule has 2 nitrogen and oxygen atoms in total. The van der Waals surface area contributed by atoms with E-state index in [2.05, 4.69) is 82.1 Å². The van der Waals surface area contributed by atoms with E-state index in [1.807, 2.05) is 12.1 Å². The number of hydrogen-bond acceptors (Lipinski definition) is 0. The molecule has 3 heteroatoms. The van der Waals surface area contributed by atoms with Gasteiger partial charge >= 0.3 is 6.42 Å². The molecule has 0 aliphatic carbocycles. The van der Waals surface area contributed by atoms with Crippen LogP contribution in [0.5, 0.6) is 0 Å². The maximum Gasteiger partial charge on any atom is 0.588 e. The van der Waals surface area contributed by atoms with Crippen molar-refractivity contribution in [3.8, 4) is 0 Å².